The molecule has 0 atom stereocenters. The zero-order valence-electron chi connectivity index (χ0n) is 32.4. The second-order valence-corrected chi connectivity index (χ2v) is 15.0. The molecule has 1 nitrogen and oxygen atoms in total. The maximum Gasteiger partial charge on any atom is 0.0464 e. The van der Waals surface area contributed by atoms with E-state index in [-0.39, 0.29) is 0 Å². The zero-order valence-corrected chi connectivity index (χ0v) is 32.4. The lowest BCUT2D eigenvalue weighted by molar-refractivity contribution is 1.27. The lowest BCUT2D eigenvalue weighted by Gasteiger charge is -2.26. The van der Waals surface area contributed by atoms with Gasteiger partial charge in [-0.15, -0.1) is 0 Å². The summed E-state index contributed by atoms with van der Waals surface area (Å²) in [5, 5.41) is 7.54. The van der Waals surface area contributed by atoms with E-state index in [4.69, 9.17) is 0 Å². The van der Waals surface area contributed by atoms with Gasteiger partial charge in [0.25, 0.3) is 0 Å². The smallest absolute Gasteiger partial charge is 0.0464 e. The molecular weight excluding hydrogens is 699 g/mol. The molecule has 0 spiro atoms. The molecule has 58 heavy (non-hydrogen) atoms. The summed E-state index contributed by atoms with van der Waals surface area (Å²) >= 11 is 0. The highest BCUT2D eigenvalue weighted by molar-refractivity contribution is 6.21. The van der Waals surface area contributed by atoms with Crippen molar-refractivity contribution in [3.8, 4) is 33.4 Å². The van der Waals surface area contributed by atoms with Crippen molar-refractivity contribution in [2.75, 3.05) is 4.90 Å². The van der Waals surface area contributed by atoms with Crippen LogP contribution in [0, 0.1) is 6.92 Å². The minimum atomic E-state index is 1.12. The lowest BCUT2D eigenvalue weighted by Crippen LogP contribution is -2.09. The molecule has 10 aromatic carbocycles. The molecule has 0 aliphatic heterocycles. The average Bonchev–Trinajstić information content (AvgIpc) is 3.28. The fraction of sp³-hybridized carbons (Fsp3) is 0.0175. The second-order valence-electron chi connectivity index (χ2n) is 15.0. The van der Waals surface area contributed by atoms with Crippen molar-refractivity contribution in [1.82, 2.24) is 0 Å². The maximum absolute atomic E-state index is 2.33. The van der Waals surface area contributed by atoms with E-state index < -0.39 is 0 Å². The molecule has 0 radical (unpaired) electrons. The Morgan fingerprint density at radius 1 is 0.328 bits per heavy atom. The van der Waals surface area contributed by atoms with E-state index >= 15 is 0 Å². The molecule has 0 heterocycles. The van der Waals surface area contributed by atoms with Crippen molar-refractivity contribution in [3.05, 3.63) is 235 Å². The summed E-state index contributed by atoms with van der Waals surface area (Å²) in [6.07, 6.45) is 4.41. The average molecular weight is 740 g/mol. The fourth-order valence-corrected chi connectivity index (χ4v) is 8.52. The Hall–Kier alpha value is -7.48. The number of hydrogen-bond acceptors (Lipinski definition) is 1. The monoisotopic (exact) mass is 739 g/mol. The number of rotatable bonds is 8. The van der Waals surface area contributed by atoms with Crippen LogP contribution >= 0.6 is 0 Å². The van der Waals surface area contributed by atoms with Crippen LogP contribution in [0.2, 0.25) is 0 Å². The van der Waals surface area contributed by atoms with Crippen LogP contribution in [-0.4, -0.2) is 0 Å². The van der Waals surface area contributed by atoms with Crippen LogP contribution in [0.4, 0.5) is 17.1 Å². The first kappa shape index (κ1) is 35.0. The summed E-state index contributed by atoms with van der Waals surface area (Å²) in [5.41, 5.74) is 14.4. The molecule has 0 saturated heterocycles. The summed E-state index contributed by atoms with van der Waals surface area (Å²) in [7, 11) is 0. The van der Waals surface area contributed by atoms with Crippen LogP contribution in [0.3, 0.4) is 0 Å². The Kier molecular flexibility index (Phi) is 9.18. The van der Waals surface area contributed by atoms with E-state index in [0.29, 0.717) is 0 Å². The van der Waals surface area contributed by atoms with Crippen LogP contribution < -0.4 is 4.90 Å². The summed E-state index contributed by atoms with van der Waals surface area (Å²) in [6.45, 7) is 2.15. The minimum absolute atomic E-state index is 1.12. The van der Waals surface area contributed by atoms with Crippen molar-refractivity contribution in [2.45, 2.75) is 6.92 Å². The first-order valence-electron chi connectivity index (χ1n) is 20.0. The fourth-order valence-electron chi connectivity index (χ4n) is 8.52. The third kappa shape index (κ3) is 6.63. The molecule has 0 unspecified atom stereocenters. The van der Waals surface area contributed by atoms with Crippen molar-refractivity contribution in [1.29, 1.82) is 0 Å². The number of aryl methyl sites for hydroxylation is 1. The molecule has 0 N–H and O–H groups in total. The molecule has 0 saturated carbocycles. The Labute approximate surface area is 340 Å². The molecular formula is C57H41N. The highest BCUT2D eigenvalue weighted by Gasteiger charge is 2.18. The van der Waals surface area contributed by atoms with Gasteiger partial charge >= 0.3 is 0 Å². The van der Waals surface area contributed by atoms with Gasteiger partial charge in [-0.25, -0.2) is 0 Å². The maximum atomic E-state index is 2.33. The quantitative estimate of drug-likeness (QED) is 0.111. The first-order chi connectivity index (χ1) is 28.7. The van der Waals surface area contributed by atoms with Gasteiger partial charge in [0.05, 0.1) is 0 Å². The Balaban J connectivity index is 0.979. The number of benzene rings is 10. The third-order valence-electron chi connectivity index (χ3n) is 11.3. The third-order valence-corrected chi connectivity index (χ3v) is 11.3. The molecule has 10 rings (SSSR count). The largest absolute Gasteiger partial charge is 0.310 e. The summed E-state index contributed by atoms with van der Waals surface area (Å²) in [6, 6.07) is 79.2. The number of nitrogens with zero attached hydrogens (tertiary/aromatic N) is 1. The van der Waals surface area contributed by atoms with E-state index in [1.54, 1.807) is 0 Å². The molecule has 0 fully saturated rings. The van der Waals surface area contributed by atoms with Gasteiger partial charge in [-0.05, 0) is 126 Å². The van der Waals surface area contributed by atoms with E-state index in [1.165, 1.54) is 82.4 Å². The van der Waals surface area contributed by atoms with Crippen LogP contribution in [-0.2, 0) is 0 Å². The Morgan fingerprint density at radius 2 is 0.759 bits per heavy atom. The van der Waals surface area contributed by atoms with E-state index in [0.717, 1.165) is 17.1 Å². The van der Waals surface area contributed by atoms with E-state index in [1.807, 2.05) is 0 Å². The highest BCUT2D eigenvalue weighted by atomic mass is 15.1. The zero-order chi connectivity index (χ0) is 38.8. The van der Waals surface area contributed by atoms with Crippen molar-refractivity contribution in [2.24, 2.45) is 0 Å². The summed E-state index contributed by atoms with van der Waals surface area (Å²) in [4.78, 5) is 2.33. The highest BCUT2D eigenvalue weighted by Crippen LogP contribution is 2.44. The topological polar surface area (TPSA) is 3.24 Å². The first-order valence-corrected chi connectivity index (χ1v) is 20.0. The summed E-state index contributed by atoms with van der Waals surface area (Å²) < 4.78 is 0. The molecule has 0 aliphatic rings. The Bertz CT molecular complexity index is 3020. The lowest BCUT2D eigenvalue weighted by atomic mass is 9.86. The van der Waals surface area contributed by atoms with Gasteiger partial charge in [0, 0.05) is 17.1 Å². The second kappa shape index (κ2) is 15.2. The molecule has 1 heteroatoms. The van der Waals surface area contributed by atoms with Crippen LogP contribution in [0.1, 0.15) is 16.7 Å². The van der Waals surface area contributed by atoms with Crippen molar-refractivity contribution >= 4 is 61.5 Å². The molecule has 0 bridgehead atoms. The van der Waals surface area contributed by atoms with Crippen molar-refractivity contribution in [3.63, 3.8) is 0 Å². The van der Waals surface area contributed by atoms with Crippen LogP contribution in [0.15, 0.2) is 218 Å². The normalized spacial score (nSPS) is 11.5. The van der Waals surface area contributed by atoms with Crippen LogP contribution in [0.5, 0.6) is 0 Å². The van der Waals surface area contributed by atoms with Gasteiger partial charge in [0.2, 0.25) is 0 Å². The standard InChI is InChI=1S/C57H41N/c1-40-13-11-18-49(39-40)58(47-16-3-2-4-17-47)48-37-35-46(36-38-48)57-54-22-9-7-20-52(54)56(53-21-8-10-23-55(53)57)45-33-29-42(30-34-45)26-25-41-27-31-44(32-28-41)51-24-12-15-43-14-5-6-19-50(43)51/h2-39H,1H3. The minimum Gasteiger partial charge on any atom is -0.310 e. The van der Waals surface area contributed by atoms with E-state index in [2.05, 4.69) is 242 Å². The molecule has 0 aliphatic carbocycles. The molecule has 0 amide bonds. The Morgan fingerprint density at radius 3 is 1.33 bits per heavy atom. The number of para-hydroxylation sites is 1. The predicted octanol–water partition coefficient (Wildman–Crippen LogP) is 16.1. The number of hydrogen-bond donors (Lipinski definition) is 0. The van der Waals surface area contributed by atoms with Gasteiger partial charge < -0.3 is 4.90 Å². The number of fused-ring (bicyclic) bond motifs is 3. The van der Waals surface area contributed by atoms with Gasteiger partial charge in [-0.3, -0.25) is 0 Å². The predicted molar refractivity (Wildman–Crippen MR) is 250 cm³/mol. The molecule has 0 aromatic heterocycles. The van der Waals surface area contributed by atoms with Gasteiger partial charge in [0.1, 0.15) is 0 Å². The summed E-state index contributed by atoms with van der Waals surface area (Å²) in [5.74, 6) is 0. The van der Waals surface area contributed by atoms with Crippen molar-refractivity contribution < 1.29 is 0 Å². The molecule has 10 aromatic rings. The van der Waals surface area contributed by atoms with Crippen LogP contribution in [0.25, 0.3) is 77.9 Å². The van der Waals surface area contributed by atoms with Gasteiger partial charge in [-0.2, -0.15) is 0 Å². The van der Waals surface area contributed by atoms with E-state index in [9.17, 15) is 0 Å². The number of anilines is 3. The SMILES string of the molecule is Cc1cccc(N(c2ccccc2)c2ccc(-c3c4ccccc4c(-c4ccc(C=Cc5ccc(-c6cccc7ccccc67)cc5)cc4)c4ccccc34)cc2)c1. The van der Waals surface area contributed by atoms with Gasteiger partial charge in [-0.1, -0.05) is 194 Å². The molecule has 274 valence electrons. The van der Waals surface area contributed by atoms with Gasteiger partial charge in [0.15, 0.2) is 0 Å².